The van der Waals surface area contributed by atoms with E-state index in [-0.39, 0.29) is 49.5 Å². The fraction of sp³-hybridized carbons (Fsp3) is 0.278. The Bertz CT molecular complexity index is 985. The summed E-state index contributed by atoms with van der Waals surface area (Å²) in [5.74, 6) is -0.832. The Balaban J connectivity index is 1.43. The first-order chi connectivity index (χ1) is 13.3. The van der Waals surface area contributed by atoms with Gasteiger partial charge in [0, 0.05) is 25.8 Å². The maximum Gasteiger partial charge on any atom is 0.256 e. The number of nitrogens with zero attached hydrogens (tertiary/aromatic N) is 2. The molecule has 2 aliphatic heterocycles. The molecule has 1 aromatic rings. The van der Waals surface area contributed by atoms with E-state index < -0.39 is 15.8 Å². The molecule has 0 saturated carbocycles. The molecule has 0 bridgehead atoms. The molecule has 1 aromatic carbocycles. The van der Waals surface area contributed by atoms with Crippen LogP contribution in [0.3, 0.4) is 0 Å². The summed E-state index contributed by atoms with van der Waals surface area (Å²) in [4.78, 5) is 25.7. The zero-order valence-corrected chi connectivity index (χ0v) is 15.7. The van der Waals surface area contributed by atoms with Crippen molar-refractivity contribution in [3.8, 4) is 0 Å². The van der Waals surface area contributed by atoms with E-state index >= 15 is 0 Å². The van der Waals surface area contributed by atoms with Crippen molar-refractivity contribution >= 4 is 27.7 Å². The van der Waals surface area contributed by atoms with Crippen LogP contribution in [0.15, 0.2) is 52.6 Å². The van der Waals surface area contributed by atoms with Crippen molar-refractivity contribution in [2.45, 2.75) is 6.42 Å². The lowest BCUT2D eigenvalue weighted by Crippen LogP contribution is -2.39. The van der Waals surface area contributed by atoms with E-state index in [1.54, 1.807) is 17.2 Å². The van der Waals surface area contributed by atoms with Crippen molar-refractivity contribution in [2.24, 2.45) is 4.40 Å². The molecule has 0 saturated heterocycles. The highest BCUT2D eigenvalue weighted by atomic mass is 32.2. The standard InChI is InChI=1S/C18H19FN4O4S/c19-15-3-1-2-13(10-15)11-17(24)20-6-7-21-18(25)14-4-5-16-22-28(26,27)9-8-23(16)12-14/h1-5,10,12H,6-9,11H2,(H,20,24)(H,21,25). The number of fused-ring (bicyclic) bond motifs is 1. The van der Waals surface area contributed by atoms with Gasteiger partial charge in [-0.1, -0.05) is 12.1 Å². The van der Waals surface area contributed by atoms with Crippen LogP contribution in [-0.4, -0.2) is 56.4 Å². The van der Waals surface area contributed by atoms with Gasteiger partial charge in [-0.25, -0.2) is 12.8 Å². The van der Waals surface area contributed by atoms with Gasteiger partial charge in [0.2, 0.25) is 5.91 Å². The Morgan fingerprint density at radius 2 is 1.96 bits per heavy atom. The molecule has 2 aliphatic rings. The van der Waals surface area contributed by atoms with Gasteiger partial charge in [-0.15, -0.1) is 4.40 Å². The Labute approximate surface area is 161 Å². The maximum absolute atomic E-state index is 13.1. The van der Waals surface area contributed by atoms with Gasteiger partial charge in [-0.3, -0.25) is 9.59 Å². The van der Waals surface area contributed by atoms with Gasteiger partial charge < -0.3 is 15.5 Å². The van der Waals surface area contributed by atoms with Crippen LogP contribution in [0.5, 0.6) is 0 Å². The lowest BCUT2D eigenvalue weighted by Gasteiger charge is -2.26. The van der Waals surface area contributed by atoms with Crippen molar-refractivity contribution < 1.29 is 22.4 Å². The highest BCUT2D eigenvalue weighted by Crippen LogP contribution is 2.15. The van der Waals surface area contributed by atoms with Gasteiger partial charge in [0.1, 0.15) is 11.7 Å². The fourth-order valence-electron chi connectivity index (χ4n) is 2.71. The van der Waals surface area contributed by atoms with E-state index in [1.165, 1.54) is 30.4 Å². The van der Waals surface area contributed by atoms with Crippen LogP contribution in [0.25, 0.3) is 0 Å². The summed E-state index contributed by atoms with van der Waals surface area (Å²) in [6.07, 6.45) is 4.57. The van der Waals surface area contributed by atoms with Gasteiger partial charge in [-0.2, -0.15) is 0 Å². The lowest BCUT2D eigenvalue weighted by molar-refractivity contribution is -0.121. The summed E-state index contributed by atoms with van der Waals surface area (Å²) >= 11 is 0. The van der Waals surface area contributed by atoms with E-state index in [1.807, 2.05) is 0 Å². The SMILES string of the molecule is O=C(Cc1cccc(F)c1)NCCNC(=O)C1=CN2CCS(=O)(=O)N=C2C=C1. The molecular formula is C18H19FN4O4S. The number of nitrogens with one attached hydrogen (secondary N) is 2. The number of benzene rings is 1. The number of hydrogen-bond donors (Lipinski definition) is 2. The molecule has 0 spiro atoms. The molecule has 148 valence electrons. The summed E-state index contributed by atoms with van der Waals surface area (Å²) in [6.45, 7) is 0.679. The first kappa shape index (κ1) is 19.7. The van der Waals surface area contributed by atoms with Crippen LogP contribution in [0, 0.1) is 5.82 Å². The molecular weight excluding hydrogens is 387 g/mol. The molecule has 10 heteroatoms. The number of rotatable bonds is 6. The lowest BCUT2D eigenvalue weighted by atomic mass is 10.1. The summed E-state index contributed by atoms with van der Waals surface area (Å²) in [7, 11) is -3.44. The Hall–Kier alpha value is -3.01. The Morgan fingerprint density at radius 1 is 1.18 bits per heavy atom. The van der Waals surface area contributed by atoms with E-state index in [9.17, 15) is 22.4 Å². The van der Waals surface area contributed by atoms with Gasteiger partial charge >= 0.3 is 0 Å². The van der Waals surface area contributed by atoms with E-state index in [0.29, 0.717) is 11.1 Å². The molecule has 2 heterocycles. The monoisotopic (exact) mass is 406 g/mol. The third-order valence-electron chi connectivity index (χ3n) is 4.07. The van der Waals surface area contributed by atoms with Gasteiger partial charge in [0.15, 0.2) is 0 Å². The van der Waals surface area contributed by atoms with Crippen molar-refractivity contribution in [1.29, 1.82) is 0 Å². The van der Waals surface area contributed by atoms with Crippen molar-refractivity contribution in [3.63, 3.8) is 0 Å². The number of carbonyl (C=O) groups is 2. The minimum absolute atomic E-state index is 0.0551. The molecule has 0 radical (unpaired) electrons. The number of carbonyl (C=O) groups excluding carboxylic acids is 2. The Kier molecular flexibility index (Phi) is 5.88. The van der Waals surface area contributed by atoms with E-state index in [0.717, 1.165) is 0 Å². The fourth-order valence-corrected chi connectivity index (χ4v) is 3.68. The van der Waals surface area contributed by atoms with E-state index in [4.69, 9.17) is 0 Å². The molecule has 8 nitrogen and oxygen atoms in total. The average Bonchev–Trinajstić information content (AvgIpc) is 2.64. The first-order valence-corrected chi connectivity index (χ1v) is 10.2. The zero-order chi connectivity index (χ0) is 20.1. The Morgan fingerprint density at radius 3 is 2.75 bits per heavy atom. The average molecular weight is 406 g/mol. The van der Waals surface area contributed by atoms with Crippen LogP contribution in [0.2, 0.25) is 0 Å². The second-order valence-electron chi connectivity index (χ2n) is 6.26. The second kappa shape index (κ2) is 8.34. The molecule has 0 aromatic heterocycles. The van der Waals surface area contributed by atoms with Crippen LogP contribution in [-0.2, 0) is 26.0 Å². The third-order valence-corrected chi connectivity index (χ3v) is 5.24. The molecule has 0 aliphatic carbocycles. The molecule has 2 N–H and O–H groups in total. The third kappa shape index (κ3) is 5.26. The smallest absolute Gasteiger partial charge is 0.256 e. The van der Waals surface area contributed by atoms with Gasteiger partial charge in [0.05, 0.1) is 17.7 Å². The second-order valence-corrected chi connectivity index (χ2v) is 8.01. The summed E-state index contributed by atoms with van der Waals surface area (Å²) in [5.41, 5.74) is 0.935. The number of sulfonamides is 1. The molecule has 0 fully saturated rings. The first-order valence-electron chi connectivity index (χ1n) is 8.61. The highest BCUT2D eigenvalue weighted by molar-refractivity contribution is 7.90. The normalized spacial score (nSPS) is 17.2. The maximum atomic E-state index is 13.1. The predicted molar refractivity (Wildman–Crippen MR) is 101 cm³/mol. The predicted octanol–water partition coefficient (Wildman–Crippen LogP) is 0.0982. The summed E-state index contributed by atoms with van der Waals surface area (Å²) in [5, 5.41) is 5.33. The molecule has 0 unspecified atom stereocenters. The minimum atomic E-state index is -3.44. The molecule has 0 atom stereocenters. The molecule has 28 heavy (non-hydrogen) atoms. The van der Waals surface area contributed by atoms with Crippen molar-refractivity contribution in [2.75, 3.05) is 25.4 Å². The summed E-state index contributed by atoms with van der Waals surface area (Å²) in [6, 6.07) is 5.81. The number of halogens is 1. The van der Waals surface area contributed by atoms with Crippen LogP contribution < -0.4 is 10.6 Å². The quantitative estimate of drug-likeness (QED) is 0.652. The van der Waals surface area contributed by atoms with Crippen LogP contribution in [0.4, 0.5) is 4.39 Å². The van der Waals surface area contributed by atoms with E-state index in [2.05, 4.69) is 15.0 Å². The van der Waals surface area contributed by atoms with Crippen LogP contribution >= 0.6 is 0 Å². The molecule has 2 amide bonds. The molecule has 3 rings (SSSR count). The number of hydrogen-bond acceptors (Lipinski definition) is 5. The highest BCUT2D eigenvalue weighted by Gasteiger charge is 2.24. The zero-order valence-electron chi connectivity index (χ0n) is 14.9. The van der Waals surface area contributed by atoms with Crippen molar-refractivity contribution in [1.82, 2.24) is 15.5 Å². The largest absolute Gasteiger partial charge is 0.354 e. The van der Waals surface area contributed by atoms with Gasteiger partial charge in [-0.05, 0) is 29.8 Å². The van der Waals surface area contributed by atoms with Crippen LogP contribution in [0.1, 0.15) is 5.56 Å². The topological polar surface area (TPSA) is 108 Å². The van der Waals surface area contributed by atoms with Crippen molar-refractivity contribution in [3.05, 3.63) is 59.6 Å². The summed E-state index contributed by atoms with van der Waals surface area (Å²) < 4.78 is 39.7. The number of amidine groups is 1. The van der Waals surface area contributed by atoms with Gasteiger partial charge in [0.25, 0.3) is 15.9 Å². The minimum Gasteiger partial charge on any atom is -0.354 e. The number of amides is 2.